The lowest BCUT2D eigenvalue weighted by Gasteiger charge is -2.30. The van der Waals surface area contributed by atoms with Gasteiger partial charge >= 0.3 is 0 Å². The summed E-state index contributed by atoms with van der Waals surface area (Å²) in [4.78, 5) is 11.9. The Balaban J connectivity index is 4.54. The van der Waals surface area contributed by atoms with Crippen LogP contribution < -0.4 is 15.8 Å². The van der Waals surface area contributed by atoms with E-state index >= 15 is 0 Å². The van der Waals surface area contributed by atoms with Crippen molar-refractivity contribution in [1.82, 2.24) is 10.0 Å². The lowest BCUT2D eigenvalue weighted by atomic mass is 9.93. The molecule has 0 saturated heterocycles. The Bertz CT molecular complexity index is 386. The van der Waals surface area contributed by atoms with Gasteiger partial charge in [-0.2, -0.15) is 0 Å². The van der Waals surface area contributed by atoms with Gasteiger partial charge in [0.2, 0.25) is 15.9 Å². The molecule has 0 fully saturated rings. The first-order valence-corrected chi connectivity index (χ1v) is 7.91. The highest BCUT2D eigenvalue weighted by Crippen LogP contribution is 2.11. The van der Waals surface area contributed by atoms with Crippen molar-refractivity contribution in [3.05, 3.63) is 0 Å². The Morgan fingerprint density at radius 1 is 1.22 bits per heavy atom. The molecule has 0 aromatic heterocycles. The van der Waals surface area contributed by atoms with E-state index in [0.717, 1.165) is 6.26 Å². The second kappa shape index (κ2) is 5.99. The van der Waals surface area contributed by atoms with Crippen molar-refractivity contribution < 1.29 is 13.2 Å². The van der Waals surface area contributed by atoms with Gasteiger partial charge in [-0.15, -0.1) is 0 Å². The van der Waals surface area contributed by atoms with Gasteiger partial charge in [0.1, 0.15) is 0 Å². The molecular formula is C11H25N3O3S. The molecule has 0 aliphatic carbocycles. The molecule has 0 aromatic rings. The summed E-state index contributed by atoms with van der Waals surface area (Å²) in [7, 11) is -3.31. The molecule has 18 heavy (non-hydrogen) atoms. The summed E-state index contributed by atoms with van der Waals surface area (Å²) < 4.78 is 24.8. The molecule has 7 heteroatoms. The minimum absolute atomic E-state index is 0.192. The van der Waals surface area contributed by atoms with Gasteiger partial charge in [-0.1, -0.05) is 13.8 Å². The Morgan fingerprint density at radius 2 is 1.67 bits per heavy atom. The maximum Gasteiger partial charge on any atom is 0.240 e. The molecule has 0 rings (SSSR count). The van der Waals surface area contributed by atoms with E-state index in [-0.39, 0.29) is 12.5 Å². The lowest BCUT2D eigenvalue weighted by Crippen LogP contribution is -2.58. The third-order valence-electron chi connectivity index (χ3n) is 2.87. The molecule has 108 valence electrons. The van der Waals surface area contributed by atoms with Crippen LogP contribution in [0.25, 0.3) is 0 Å². The van der Waals surface area contributed by atoms with E-state index in [1.807, 2.05) is 13.8 Å². The van der Waals surface area contributed by atoms with Gasteiger partial charge in [0.25, 0.3) is 0 Å². The molecule has 0 aromatic carbocycles. The van der Waals surface area contributed by atoms with Gasteiger partial charge in [0.15, 0.2) is 0 Å². The fourth-order valence-corrected chi connectivity index (χ4v) is 2.66. The smallest absolute Gasteiger partial charge is 0.240 e. The molecule has 0 aliphatic heterocycles. The van der Waals surface area contributed by atoms with Crippen LogP contribution in [-0.2, 0) is 14.8 Å². The molecular weight excluding hydrogens is 254 g/mol. The van der Waals surface area contributed by atoms with Crippen LogP contribution in [-0.4, -0.2) is 38.2 Å². The van der Waals surface area contributed by atoms with E-state index < -0.39 is 21.1 Å². The van der Waals surface area contributed by atoms with Gasteiger partial charge in [-0.3, -0.25) is 4.79 Å². The summed E-state index contributed by atoms with van der Waals surface area (Å²) in [6.07, 6.45) is 2.16. The Kier molecular flexibility index (Phi) is 5.77. The molecule has 0 spiro atoms. The first-order valence-electron chi connectivity index (χ1n) is 6.02. The number of hydrogen-bond acceptors (Lipinski definition) is 4. The van der Waals surface area contributed by atoms with Gasteiger partial charge in [0.05, 0.1) is 11.8 Å². The average Bonchev–Trinajstić information content (AvgIpc) is 2.21. The van der Waals surface area contributed by atoms with Crippen molar-refractivity contribution in [2.45, 2.75) is 51.6 Å². The Labute approximate surface area is 110 Å². The monoisotopic (exact) mass is 279 g/mol. The van der Waals surface area contributed by atoms with Gasteiger partial charge in [-0.05, 0) is 26.7 Å². The van der Waals surface area contributed by atoms with Crippen molar-refractivity contribution in [2.24, 2.45) is 5.73 Å². The van der Waals surface area contributed by atoms with E-state index in [1.54, 1.807) is 13.8 Å². The summed E-state index contributed by atoms with van der Waals surface area (Å²) in [6.45, 7) is 7.29. The number of amides is 1. The first-order chi connectivity index (χ1) is 7.96. The van der Waals surface area contributed by atoms with Crippen LogP contribution >= 0.6 is 0 Å². The molecule has 1 amide bonds. The highest BCUT2D eigenvalue weighted by atomic mass is 32.2. The number of rotatable bonds is 7. The Morgan fingerprint density at radius 3 is 2.00 bits per heavy atom. The largest absolute Gasteiger partial charge is 0.353 e. The SMILES string of the molecule is CCC(N)(CC)C(=O)NCC(C)(C)NS(C)(=O)=O. The fourth-order valence-electron chi connectivity index (χ4n) is 1.59. The van der Waals surface area contributed by atoms with E-state index in [1.165, 1.54) is 0 Å². The minimum atomic E-state index is -3.31. The quantitative estimate of drug-likeness (QED) is 0.608. The first kappa shape index (κ1) is 17.3. The van der Waals surface area contributed by atoms with Crippen molar-refractivity contribution in [3.8, 4) is 0 Å². The zero-order valence-corrected chi connectivity index (χ0v) is 12.6. The standard InChI is InChI=1S/C11H25N3O3S/c1-6-11(12,7-2)9(15)13-8-10(3,4)14-18(5,16)17/h14H,6-8,12H2,1-5H3,(H,13,15). The minimum Gasteiger partial charge on any atom is -0.353 e. The van der Waals surface area contributed by atoms with Crippen LogP contribution in [0.2, 0.25) is 0 Å². The topological polar surface area (TPSA) is 101 Å². The van der Waals surface area contributed by atoms with Crippen molar-refractivity contribution in [3.63, 3.8) is 0 Å². The molecule has 6 nitrogen and oxygen atoms in total. The zero-order valence-electron chi connectivity index (χ0n) is 11.8. The fraction of sp³-hybridized carbons (Fsp3) is 0.909. The maximum atomic E-state index is 11.9. The normalized spacial score (nSPS) is 13.4. The summed E-state index contributed by atoms with van der Waals surface area (Å²) in [5.41, 5.74) is 4.31. The molecule has 0 heterocycles. The number of carbonyl (C=O) groups excluding carboxylic acids is 1. The predicted molar refractivity (Wildman–Crippen MR) is 72.6 cm³/mol. The summed E-state index contributed by atoms with van der Waals surface area (Å²) in [5.74, 6) is -0.254. The molecule has 0 saturated carbocycles. The molecule has 0 bridgehead atoms. The van der Waals surface area contributed by atoms with Crippen LogP contribution in [0.4, 0.5) is 0 Å². The average molecular weight is 279 g/mol. The third-order valence-corrected chi connectivity index (χ3v) is 3.79. The number of sulfonamides is 1. The number of nitrogens with two attached hydrogens (primary N) is 1. The van der Waals surface area contributed by atoms with Crippen LogP contribution in [0.15, 0.2) is 0 Å². The van der Waals surface area contributed by atoms with Gasteiger partial charge < -0.3 is 11.1 Å². The van der Waals surface area contributed by atoms with E-state index in [4.69, 9.17) is 5.73 Å². The molecule has 0 atom stereocenters. The summed E-state index contributed by atoms with van der Waals surface area (Å²) in [6, 6.07) is 0. The van der Waals surface area contributed by atoms with Gasteiger partial charge in [0, 0.05) is 12.1 Å². The van der Waals surface area contributed by atoms with Crippen molar-refractivity contribution >= 4 is 15.9 Å². The maximum absolute atomic E-state index is 11.9. The summed E-state index contributed by atoms with van der Waals surface area (Å²) >= 11 is 0. The van der Waals surface area contributed by atoms with Crippen LogP contribution in [0.5, 0.6) is 0 Å². The highest BCUT2D eigenvalue weighted by molar-refractivity contribution is 7.88. The van der Waals surface area contributed by atoms with E-state index in [9.17, 15) is 13.2 Å². The van der Waals surface area contributed by atoms with Crippen molar-refractivity contribution in [1.29, 1.82) is 0 Å². The molecule has 0 unspecified atom stereocenters. The number of carbonyl (C=O) groups is 1. The van der Waals surface area contributed by atoms with Crippen LogP contribution in [0.1, 0.15) is 40.5 Å². The van der Waals surface area contributed by atoms with E-state index in [2.05, 4.69) is 10.0 Å². The molecule has 0 radical (unpaired) electrons. The van der Waals surface area contributed by atoms with Crippen LogP contribution in [0, 0.1) is 0 Å². The third kappa shape index (κ3) is 5.79. The zero-order chi connectivity index (χ0) is 14.6. The molecule has 4 N–H and O–H groups in total. The van der Waals surface area contributed by atoms with Gasteiger partial charge in [-0.25, -0.2) is 13.1 Å². The number of hydrogen-bond donors (Lipinski definition) is 3. The summed E-state index contributed by atoms with van der Waals surface area (Å²) in [5, 5.41) is 2.70. The second-order valence-electron chi connectivity index (χ2n) is 5.30. The predicted octanol–water partition coefficient (Wildman–Crippen LogP) is -0.0521. The lowest BCUT2D eigenvalue weighted by molar-refractivity contribution is -0.126. The Hall–Kier alpha value is -0.660. The van der Waals surface area contributed by atoms with Crippen LogP contribution in [0.3, 0.4) is 0 Å². The molecule has 0 aliphatic rings. The highest BCUT2D eigenvalue weighted by Gasteiger charge is 2.31. The van der Waals surface area contributed by atoms with E-state index in [0.29, 0.717) is 12.8 Å². The number of nitrogens with one attached hydrogen (secondary N) is 2. The van der Waals surface area contributed by atoms with Crippen molar-refractivity contribution in [2.75, 3.05) is 12.8 Å². The second-order valence-corrected chi connectivity index (χ2v) is 7.05.